The van der Waals surface area contributed by atoms with Crippen LogP contribution in [-0.2, 0) is 24.7 Å². The number of benzene rings is 1. The highest BCUT2D eigenvalue weighted by Crippen LogP contribution is 2.30. The number of hydrogen-bond donors (Lipinski definition) is 1. The van der Waals surface area contributed by atoms with Crippen molar-refractivity contribution in [1.82, 2.24) is 9.62 Å². The molecule has 0 spiro atoms. The zero-order chi connectivity index (χ0) is 18.8. The number of hydrogen-bond acceptors (Lipinski definition) is 5. The minimum Gasteiger partial charge on any atom is -0.358 e. The molecule has 0 unspecified atom stereocenters. The lowest BCUT2D eigenvalue weighted by molar-refractivity contribution is -0.118. The summed E-state index contributed by atoms with van der Waals surface area (Å²) in [5, 5.41) is 1.83. The van der Waals surface area contributed by atoms with Crippen LogP contribution in [0.5, 0.6) is 0 Å². The molecule has 0 radical (unpaired) electrons. The van der Waals surface area contributed by atoms with Crippen LogP contribution < -0.4 is 5.32 Å². The highest BCUT2D eigenvalue weighted by atomic mass is 35.5. The van der Waals surface area contributed by atoms with Gasteiger partial charge in [-0.15, -0.1) is 0 Å². The predicted molar refractivity (Wildman–Crippen MR) is 96.1 cm³/mol. The maximum absolute atomic E-state index is 12.7. The van der Waals surface area contributed by atoms with Gasteiger partial charge in [-0.05, 0) is 31.0 Å². The molecule has 0 bridgehead atoms. The lowest BCUT2D eigenvalue weighted by atomic mass is 10.2. The Balaban J connectivity index is 2.14. The summed E-state index contributed by atoms with van der Waals surface area (Å²) in [4.78, 5) is 11.2. The molecule has 1 fully saturated rings. The minimum absolute atomic E-state index is 0.0306. The van der Waals surface area contributed by atoms with Gasteiger partial charge in [0.05, 0.1) is 10.3 Å². The van der Waals surface area contributed by atoms with Crippen LogP contribution in [0.2, 0.25) is 10.0 Å². The van der Waals surface area contributed by atoms with Crippen molar-refractivity contribution in [2.45, 2.75) is 23.0 Å². The van der Waals surface area contributed by atoms with E-state index in [0.717, 1.165) is 0 Å². The Labute approximate surface area is 157 Å². The van der Waals surface area contributed by atoms with Crippen molar-refractivity contribution >= 4 is 49.0 Å². The highest BCUT2D eigenvalue weighted by molar-refractivity contribution is 7.92. The molecule has 7 nitrogen and oxygen atoms in total. The monoisotopic (exact) mass is 428 g/mol. The standard InChI is InChI=1S/C14H18Cl2N2O5S2/c1-17-14(19)9-24(20,21)11-4-6-18(7-5-11)25(22,23)13-8-10(15)2-3-12(13)16/h2-3,8,11H,4-7,9H2,1H3,(H,17,19). The SMILES string of the molecule is CNC(=O)CS(=O)(=O)C1CCN(S(=O)(=O)c2cc(Cl)ccc2Cl)CC1. The first kappa shape index (κ1) is 20.4. The second-order valence-corrected chi connectivity index (χ2v) is 10.7. The molecule has 1 N–H and O–H groups in total. The van der Waals surface area contributed by atoms with Crippen LogP contribution in [0.1, 0.15) is 12.8 Å². The quantitative estimate of drug-likeness (QED) is 0.761. The van der Waals surface area contributed by atoms with Gasteiger partial charge in [-0.25, -0.2) is 16.8 Å². The first-order valence-corrected chi connectivity index (χ1v) is 11.4. The number of amides is 1. The lowest BCUT2D eigenvalue weighted by Crippen LogP contribution is -2.44. The van der Waals surface area contributed by atoms with Crippen molar-refractivity contribution in [2.24, 2.45) is 0 Å². The first-order valence-electron chi connectivity index (χ1n) is 7.45. The summed E-state index contributed by atoms with van der Waals surface area (Å²) >= 11 is 11.8. The molecule has 1 aliphatic rings. The van der Waals surface area contributed by atoms with Crippen molar-refractivity contribution in [3.8, 4) is 0 Å². The smallest absolute Gasteiger partial charge is 0.244 e. The molecule has 0 saturated carbocycles. The van der Waals surface area contributed by atoms with Crippen LogP contribution in [0.3, 0.4) is 0 Å². The molecule has 140 valence electrons. The van der Waals surface area contributed by atoms with E-state index < -0.39 is 36.8 Å². The van der Waals surface area contributed by atoms with Crippen LogP contribution in [0.4, 0.5) is 0 Å². The van der Waals surface area contributed by atoms with E-state index in [4.69, 9.17) is 23.2 Å². The van der Waals surface area contributed by atoms with E-state index in [9.17, 15) is 21.6 Å². The number of sulfone groups is 1. The van der Waals surface area contributed by atoms with Gasteiger partial charge in [0.25, 0.3) is 0 Å². The highest BCUT2D eigenvalue weighted by Gasteiger charge is 2.36. The molecule has 2 rings (SSSR count). The summed E-state index contributed by atoms with van der Waals surface area (Å²) in [6.45, 7) is 0.0611. The minimum atomic E-state index is -3.87. The van der Waals surface area contributed by atoms with Crippen LogP contribution in [0.15, 0.2) is 23.1 Å². The van der Waals surface area contributed by atoms with Crippen molar-refractivity contribution in [3.05, 3.63) is 28.2 Å². The van der Waals surface area contributed by atoms with E-state index in [1.807, 2.05) is 0 Å². The number of nitrogens with one attached hydrogen (secondary N) is 1. The molecule has 11 heteroatoms. The van der Waals surface area contributed by atoms with Crippen LogP contribution >= 0.6 is 23.2 Å². The molecular formula is C14H18Cl2N2O5S2. The third-order valence-electron chi connectivity index (χ3n) is 4.03. The van der Waals surface area contributed by atoms with Gasteiger partial charge in [0.1, 0.15) is 10.6 Å². The molecule has 0 aromatic heterocycles. The zero-order valence-electron chi connectivity index (χ0n) is 13.4. The average Bonchev–Trinajstić information content (AvgIpc) is 2.56. The molecule has 1 saturated heterocycles. The number of piperidine rings is 1. The van der Waals surface area contributed by atoms with Gasteiger partial charge in [-0.1, -0.05) is 23.2 Å². The Hall–Kier alpha value is -0.870. The van der Waals surface area contributed by atoms with Gasteiger partial charge >= 0.3 is 0 Å². The van der Waals surface area contributed by atoms with Crippen LogP contribution in [0.25, 0.3) is 0 Å². The molecule has 0 aliphatic carbocycles. The lowest BCUT2D eigenvalue weighted by Gasteiger charge is -2.31. The number of carbonyl (C=O) groups excluding carboxylic acids is 1. The maximum Gasteiger partial charge on any atom is 0.244 e. The van der Waals surface area contributed by atoms with Crippen molar-refractivity contribution < 1.29 is 21.6 Å². The summed E-state index contributed by atoms with van der Waals surface area (Å²) in [6.07, 6.45) is 0.244. The fourth-order valence-electron chi connectivity index (χ4n) is 2.62. The van der Waals surface area contributed by atoms with Crippen molar-refractivity contribution in [3.63, 3.8) is 0 Å². The Morgan fingerprint density at radius 2 is 1.80 bits per heavy atom. The summed E-state index contributed by atoms with van der Waals surface area (Å²) in [6, 6.07) is 4.16. The average molecular weight is 429 g/mol. The van der Waals surface area contributed by atoms with E-state index in [-0.39, 0.29) is 40.9 Å². The van der Waals surface area contributed by atoms with Gasteiger partial charge in [-0.3, -0.25) is 4.79 Å². The zero-order valence-corrected chi connectivity index (χ0v) is 16.6. The van der Waals surface area contributed by atoms with Crippen LogP contribution in [0, 0.1) is 0 Å². The number of carbonyl (C=O) groups is 1. The summed E-state index contributed by atoms with van der Waals surface area (Å²) in [7, 11) is -6.13. The molecule has 1 heterocycles. The van der Waals surface area contributed by atoms with Gasteiger partial charge in [0.2, 0.25) is 15.9 Å². The number of halogens is 2. The number of nitrogens with zero attached hydrogens (tertiary/aromatic N) is 1. The molecule has 25 heavy (non-hydrogen) atoms. The summed E-state index contributed by atoms with van der Waals surface area (Å²) in [5.41, 5.74) is 0. The molecule has 1 amide bonds. The number of sulfonamides is 1. The van der Waals surface area contributed by atoms with Gasteiger partial charge in [-0.2, -0.15) is 4.31 Å². The number of rotatable bonds is 5. The molecule has 1 aliphatic heterocycles. The largest absolute Gasteiger partial charge is 0.358 e. The van der Waals surface area contributed by atoms with E-state index in [0.29, 0.717) is 0 Å². The second-order valence-electron chi connectivity index (χ2n) is 5.66. The fraction of sp³-hybridized carbons (Fsp3) is 0.500. The fourth-order valence-corrected chi connectivity index (χ4v) is 6.50. The molecule has 1 aromatic rings. The van der Waals surface area contributed by atoms with Crippen molar-refractivity contribution in [1.29, 1.82) is 0 Å². The molecule has 1 aromatic carbocycles. The van der Waals surface area contributed by atoms with Gasteiger partial charge < -0.3 is 5.32 Å². The third-order valence-corrected chi connectivity index (χ3v) is 8.80. The Kier molecular flexibility index (Phi) is 6.37. The third kappa shape index (κ3) is 4.65. The van der Waals surface area contributed by atoms with Gasteiger partial charge in [0, 0.05) is 25.2 Å². The van der Waals surface area contributed by atoms with E-state index in [2.05, 4.69) is 5.32 Å². The van der Waals surface area contributed by atoms with E-state index in [1.54, 1.807) is 0 Å². The maximum atomic E-state index is 12.7. The van der Waals surface area contributed by atoms with Crippen molar-refractivity contribution in [2.75, 3.05) is 25.9 Å². The van der Waals surface area contributed by atoms with Crippen LogP contribution in [-0.4, -0.2) is 58.2 Å². The summed E-state index contributed by atoms with van der Waals surface area (Å²) < 4.78 is 51.0. The predicted octanol–water partition coefficient (Wildman–Crippen LogP) is 1.31. The topological polar surface area (TPSA) is 101 Å². The van der Waals surface area contributed by atoms with E-state index >= 15 is 0 Å². The second kappa shape index (κ2) is 7.79. The molecular weight excluding hydrogens is 411 g/mol. The summed E-state index contributed by atoms with van der Waals surface area (Å²) in [5.74, 6) is -1.18. The molecule has 0 atom stereocenters. The first-order chi connectivity index (χ1) is 11.6. The Morgan fingerprint density at radius 1 is 1.20 bits per heavy atom. The Morgan fingerprint density at radius 3 is 2.36 bits per heavy atom. The van der Waals surface area contributed by atoms with E-state index in [1.165, 1.54) is 29.6 Å². The normalized spacial score (nSPS) is 17.4. The van der Waals surface area contributed by atoms with Gasteiger partial charge in [0.15, 0.2) is 9.84 Å². The Bertz CT molecular complexity index is 863.